The molecule has 2 nitrogen and oxygen atoms in total. The molecule has 0 aromatic rings. The molecule has 0 rings (SSSR count). The maximum Gasteiger partial charge on any atom is 0.232 e. The fourth-order valence-electron chi connectivity index (χ4n) is 0. The van der Waals surface area contributed by atoms with Gasteiger partial charge >= 0.3 is 0 Å². The van der Waals surface area contributed by atoms with Crippen LogP contribution in [0.25, 0.3) is 0 Å². The van der Waals surface area contributed by atoms with Gasteiger partial charge in [0.15, 0.2) is 0 Å². The van der Waals surface area contributed by atoms with Crippen molar-refractivity contribution in [1.29, 1.82) is 0 Å². The van der Waals surface area contributed by atoms with Gasteiger partial charge in [-0.15, -0.1) is 0 Å². The predicted octanol–water partition coefficient (Wildman–Crippen LogP) is 1.21. The van der Waals surface area contributed by atoms with E-state index in [0.29, 0.717) is 0 Å². The van der Waals surface area contributed by atoms with Gasteiger partial charge in [0.2, 0.25) is 9.05 Å². The first kappa shape index (κ1) is 10.3. The van der Waals surface area contributed by atoms with Crippen LogP contribution in [0.5, 0.6) is 0 Å². The number of hydrogen-bond donors (Lipinski definition) is 0. The fraction of sp³-hybridized carbons (Fsp3) is 1.00. The van der Waals surface area contributed by atoms with Crippen molar-refractivity contribution in [2.45, 2.75) is 14.4 Å². The molecule has 0 amide bonds. The summed E-state index contributed by atoms with van der Waals surface area (Å²) in [5.41, 5.74) is 0. The third kappa shape index (κ3) is 10.7. The summed E-state index contributed by atoms with van der Waals surface area (Å²) in [5, 5.41) is 0. The van der Waals surface area contributed by atoms with E-state index in [-0.39, 0.29) is 13.2 Å². The first-order valence-electron chi connectivity index (χ1n) is 1.48. The van der Waals surface area contributed by atoms with Crippen molar-refractivity contribution in [3.63, 3.8) is 0 Å². The topological polar surface area (TPSA) is 34.1 Å². The van der Waals surface area contributed by atoms with Crippen molar-refractivity contribution in [2.75, 3.05) is 5.75 Å². The van der Waals surface area contributed by atoms with Gasteiger partial charge in [-0.25, -0.2) is 8.42 Å². The smallest absolute Gasteiger partial charge is 0.212 e. The summed E-state index contributed by atoms with van der Waals surface area (Å²) < 4.78 is 19.5. The minimum absolute atomic E-state index is 0. The highest BCUT2D eigenvalue weighted by Gasteiger charge is 1.94. The Bertz CT molecular complexity index is 115. The van der Waals surface area contributed by atoms with Gasteiger partial charge in [-0.1, -0.05) is 14.4 Å². The molecule has 7 heavy (non-hydrogen) atoms. The Labute approximate surface area is 48.9 Å². The normalized spacial score (nSPS) is 10.0. The molecular formula is C3H9ClO2S. The van der Waals surface area contributed by atoms with Crippen LogP contribution in [-0.4, -0.2) is 14.2 Å². The van der Waals surface area contributed by atoms with Gasteiger partial charge in [0.25, 0.3) is 0 Å². The molecule has 0 aliphatic carbocycles. The van der Waals surface area contributed by atoms with Gasteiger partial charge in [0.1, 0.15) is 0 Å². The monoisotopic (exact) mass is 144 g/mol. The SMILES string of the molecule is C.CCS(=O)(=O)Cl. The summed E-state index contributed by atoms with van der Waals surface area (Å²) in [5.74, 6) is 0.00849. The Hall–Kier alpha value is 0.240. The van der Waals surface area contributed by atoms with Crippen LogP contribution in [0.1, 0.15) is 14.4 Å². The lowest BCUT2D eigenvalue weighted by molar-refractivity contribution is 0.610. The van der Waals surface area contributed by atoms with Crippen molar-refractivity contribution in [3.8, 4) is 0 Å². The quantitative estimate of drug-likeness (QED) is 0.519. The lowest BCUT2D eigenvalue weighted by Gasteiger charge is -1.77. The van der Waals surface area contributed by atoms with Crippen molar-refractivity contribution >= 4 is 19.7 Å². The molecule has 0 aromatic heterocycles. The van der Waals surface area contributed by atoms with Crippen LogP contribution >= 0.6 is 10.7 Å². The van der Waals surface area contributed by atoms with Crippen LogP contribution < -0.4 is 0 Å². The average Bonchev–Trinajstić information content (AvgIpc) is 1.35. The molecule has 0 spiro atoms. The van der Waals surface area contributed by atoms with Crippen LogP contribution in [-0.2, 0) is 9.05 Å². The molecule has 0 fully saturated rings. The Morgan fingerprint density at radius 3 is 1.71 bits per heavy atom. The minimum atomic E-state index is -3.19. The molecule has 0 heterocycles. The third-order valence-electron chi connectivity index (χ3n) is 0.345. The Balaban J connectivity index is 0. The first-order valence-corrected chi connectivity index (χ1v) is 3.96. The van der Waals surface area contributed by atoms with Crippen LogP contribution in [0, 0.1) is 0 Å². The van der Waals surface area contributed by atoms with Gasteiger partial charge in [-0.3, -0.25) is 0 Å². The number of rotatable bonds is 1. The van der Waals surface area contributed by atoms with Crippen molar-refractivity contribution in [2.24, 2.45) is 0 Å². The highest BCUT2D eigenvalue weighted by atomic mass is 35.7. The second kappa shape index (κ2) is 3.27. The maximum absolute atomic E-state index is 9.77. The Morgan fingerprint density at radius 1 is 1.57 bits per heavy atom. The molecule has 0 aliphatic heterocycles. The van der Waals surface area contributed by atoms with Crippen LogP contribution in [0.15, 0.2) is 0 Å². The molecule has 4 heteroatoms. The average molecular weight is 145 g/mol. The van der Waals surface area contributed by atoms with E-state index in [2.05, 4.69) is 10.7 Å². The maximum atomic E-state index is 9.77. The van der Waals surface area contributed by atoms with Crippen LogP contribution in [0.2, 0.25) is 0 Å². The largest absolute Gasteiger partial charge is 0.232 e. The molecule has 0 unspecified atom stereocenters. The summed E-state index contributed by atoms with van der Waals surface area (Å²) in [7, 11) is 1.50. The summed E-state index contributed by atoms with van der Waals surface area (Å²) in [6, 6.07) is 0. The molecule has 0 atom stereocenters. The third-order valence-corrected chi connectivity index (χ3v) is 1.69. The fourth-order valence-corrected chi connectivity index (χ4v) is 0. The summed E-state index contributed by atoms with van der Waals surface area (Å²) in [4.78, 5) is 0. The summed E-state index contributed by atoms with van der Waals surface area (Å²) in [6.07, 6.45) is 0. The lowest BCUT2D eigenvalue weighted by Crippen LogP contribution is -1.88. The molecule has 0 saturated heterocycles. The lowest BCUT2D eigenvalue weighted by atomic mass is 11.0. The molecule has 0 aromatic carbocycles. The van der Waals surface area contributed by atoms with Gasteiger partial charge in [-0.05, 0) is 0 Å². The summed E-state index contributed by atoms with van der Waals surface area (Å²) in [6.45, 7) is 1.49. The Kier molecular flexibility index (Phi) is 4.79. The first-order chi connectivity index (χ1) is 2.56. The van der Waals surface area contributed by atoms with Crippen molar-refractivity contribution in [1.82, 2.24) is 0 Å². The van der Waals surface area contributed by atoms with E-state index in [4.69, 9.17) is 0 Å². The van der Waals surface area contributed by atoms with Gasteiger partial charge < -0.3 is 0 Å². The highest BCUT2D eigenvalue weighted by molar-refractivity contribution is 8.13. The van der Waals surface area contributed by atoms with E-state index < -0.39 is 9.05 Å². The van der Waals surface area contributed by atoms with E-state index >= 15 is 0 Å². The Morgan fingerprint density at radius 2 is 1.71 bits per heavy atom. The zero-order chi connectivity index (χ0) is 5.21. The van der Waals surface area contributed by atoms with E-state index in [9.17, 15) is 8.42 Å². The van der Waals surface area contributed by atoms with Crippen molar-refractivity contribution in [3.05, 3.63) is 0 Å². The molecule has 46 valence electrons. The van der Waals surface area contributed by atoms with Gasteiger partial charge in [0, 0.05) is 10.7 Å². The molecule has 0 saturated carbocycles. The molecule has 0 radical (unpaired) electrons. The molecule has 0 aliphatic rings. The summed E-state index contributed by atoms with van der Waals surface area (Å²) >= 11 is 0. The van der Waals surface area contributed by atoms with Crippen LogP contribution in [0.3, 0.4) is 0 Å². The van der Waals surface area contributed by atoms with Gasteiger partial charge in [0.05, 0.1) is 5.75 Å². The predicted molar refractivity (Wildman–Crippen MR) is 32.0 cm³/mol. The van der Waals surface area contributed by atoms with E-state index in [0.717, 1.165) is 0 Å². The second-order valence-electron chi connectivity index (χ2n) is 0.828. The zero-order valence-corrected chi connectivity index (χ0v) is 4.88. The van der Waals surface area contributed by atoms with E-state index in [1.54, 1.807) is 0 Å². The highest BCUT2D eigenvalue weighted by Crippen LogP contribution is 1.91. The van der Waals surface area contributed by atoms with Gasteiger partial charge in [-0.2, -0.15) is 0 Å². The molecular weight excluding hydrogens is 136 g/mol. The number of halogens is 1. The standard InChI is InChI=1S/C2H5ClO2S.CH4/c1-2-6(3,4)5;/h2H2,1H3;1H4. The zero-order valence-electron chi connectivity index (χ0n) is 3.31. The van der Waals surface area contributed by atoms with E-state index in [1.807, 2.05) is 0 Å². The number of hydrogen-bond acceptors (Lipinski definition) is 2. The second-order valence-corrected chi connectivity index (χ2v) is 3.89. The van der Waals surface area contributed by atoms with E-state index in [1.165, 1.54) is 6.92 Å². The molecule has 0 N–H and O–H groups in total. The van der Waals surface area contributed by atoms with Crippen LogP contribution in [0.4, 0.5) is 0 Å². The minimum Gasteiger partial charge on any atom is -0.212 e. The molecule has 0 bridgehead atoms. The van der Waals surface area contributed by atoms with Crippen molar-refractivity contribution < 1.29 is 8.42 Å².